The van der Waals surface area contributed by atoms with Gasteiger partial charge in [-0.25, -0.2) is 4.98 Å². The van der Waals surface area contributed by atoms with Gasteiger partial charge >= 0.3 is 6.18 Å². The highest BCUT2D eigenvalue weighted by molar-refractivity contribution is 5.97. The summed E-state index contributed by atoms with van der Waals surface area (Å²) in [4.78, 5) is 16.5. The molecule has 112 valence electrons. The minimum absolute atomic E-state index is 0.0204. The van der Waals surface area contributed by atoms with E-state index in [1.54, 1.807) is 11.9 Å². The van der Waals surface area contributed by atoms with Gasteiger partial charge in [0.2, 0.25) is 0 Å². The van der Waals surface area contributed by atoms with Crippen molar-refractivity contribution in [2.45, 2.75) is 33.0 Å². The summed E-state index contributed by atoms with van der Waals surface area (Å²) >= 11 is 0. The van der Waals surface area contributed by atoms with Crippen LogP contribution < -0.4 is 10.6 Å². The van der Waals surface area contributed by atoms with Crippen molar-refractivity contribution in [1.29, 1.82) is 0 Å². The van der Waals surface area contributed by atoms with E-state index in [1.807, 2.05) is 20.8 Å². The lowest BCUT2D eigenvalue weighted by molar-refractivity contribution is -0.141. The Morgan fingerprint density at radius 1 is 1.30 bits per heavy atom. The van der Waals surface area contributed by atoms with E-state index in [9.17, 15) is 18.0 Å². The fourth-order valence-corrected chi connectivity index (χ4v) is 1.71. The Morgan fingerprint density at radius 2 is 1.85 bits per heavy atom. The molecule has 7 heteroatoms. The summed E-state index contributed by atoms with van der Waals surface area (Å²) in [5, 5.41) is 0. The van der Waals surface area contributed by atoms with Crippen LogP contribution in [0, 0.1) is 5.92 Å². The molecule has 1 heterocycles. The maximum atomic E-state index is 12.7. The standard InChI is InChI=1S/C13H18F3N3O/c1-7(2)8(3)19(4)12-9(11(17)20)5-6-10(18-12)13(14,15)16/h5-8H,1-4H3,(H2,17,20). The van der Waals surface area contributed by atoms with Crippen LogP contribution in [0.2, 0.25) is 0 Å². The molecule has 0 aliphatic carbocycles. The molecule has 1 rings (SSSR count). The molecule has 0 saturated heterocycles. The van der Waals surface area contributed by atoms with Gasteiger partial charge in [0.1, 0.15) is 11.5 Å². The topological polar surface area (TPSA) is 59.2 Å². The molecular weight excluding hydrogens is 271 g/mol. The number of primary amides is 1. The van der Waals surface area contributed by atoms with E-state index in [1.165, 1.54) is 0 Å². The van der Waals surface area contributed by atoms with Crippen LogP contribution in [0.3, 0.4) is 0 Å². The Hall–Kier alpha value is -1.79. The molecule has 0 fully saturated rings. The molecular formula is C13H18F3N3O. The van der Waals surface area contributed by atoms with Crippen molar-refractivity contribution in [2.75, 3.05) is 11.9 Å². The van der Waals surface area contributed by atoms with Crippen LogP contribution in [-0.2, 0) is 6.18 Å². The zero-order valence-corrected chi connectivity index (χ0v) is 11.8. The number of hydrogen-bond acceptors (Lipinski definition) is 3. The smallest absolute Gasteiger partial charge is 0.365 e. The fraction of sp³-hybridized carbons (Fsp3) is 0.538. The number of nitrogens with zero attached hydrogens (tertiary/aromatic N) is 2. The van der Waals surface area contributed by atoms with Gasteiger partial charge < -0.3 is 10.6 Å². The summed E-state index contributed by atoms with van der Waals surface area (Å²) in [5.41, 5.74) is 4.14. The number of pyridine rings is 1. The van der Waals surface area contributed by atoms with Crippen LogP contribution in [0.15, 0.2) is 12.1 Å². The molecule has 1 atom stereocenters. The van der Waals surface area contributed by atoms with Crippen molar-refractivity contribution < 1.29 is 18.0 Å². The lowest BCUT2D eigenvalue weighted by atomic mass is 10.0. The fourth-order valence-electron chi connectivity index (χ4n) is 1.71. The van der Waals surface area contributed by atoms with Gasteiger partial charge in [-0.2, -0.15) is 13.2 Å². The molecule has 0 spiro atoms. The Kier molecular flexibility index (Phi) is 4.62. The van der Waals surface area contributed by atoms with E-state index in [-0.39, 0.29) is 23.3 Å². The first-order chi connectivity index (χ1) is 9.05. The quantitative estimate of drug-likeness (QED) is 0.927. The number of alkyl halides is 3. The van der Waals surface area contributed by atoms with Crippen molar-refractivity contribution in [3.8, 4) is 0 Å². The van der Waals surface area contributed by atoms with Gasteiger partial charge in [-0.15, -0.1) is 0 Å². The monoisotopic (exact) mass is 289 g/mol. The van der Waals surface area contributed by atoms with Gasteiger partial charge in [-0.1, -0.05) is 13.8 Å². The second kappa shape index (κ2) is 5.68. The average molecular weight is 289 g/mol. The molecule has 0 aliphatic heterocycles. The number of nitrogens with two attached hydrogens (primary N) is 1. The lowest BCUT2D eigenvalue weighted by Gasteiger charge is -2.30. The second-order valence-electron chi connectivity index (χ2n) is 5.03. The first kappa shape index (κ1) is 16.3. The second-order valence-corrected chi connectivity index (χ2v) is 5.03. The number of halogens is 3. The van der Waals surface area contributed by atoms with Crippen LogP contribution in [0.25, 0.3) is 0 Å². The number of hydrogen-bond donors (Lipinski definition) is 1. The number of anilines is 1. The van der Waals surface area contributed by atoms with Crippen molar-refractivity contribution in [1.82, 2.24) is 4.98 Å². The lowest BCUT2D eigenvalue weighted by Crippen LogP contribution is -2.36. The summed E-state index contributed by atoms with van der Waals surface area (Å²) in [7, 11) is 1.60. The summed E-state index contributed by atoms with van der Waals surface area (Å²) in [6.07, 6.45) is -4.56. The molecule has 1 amide bonds. The Balaban J connectivity index is 3.36. The Morgan fingerprint density at radius 3 is 2.25 bits per heavy atom. The van der Waals surface area contributed by atoms with Crippen LogP contribution in [0.1, 0.15) is 36.8 Å². The Labute approximate surface area is 115 Å². The number of rotatable bonds is 4. The predicted octanol–water partition coefficient (Wildman–Crippen LogP) is 2.68. The van der Waals surface area contributed by atoms with Gasteiger partial charge in [0.05, 0.1) is 5.56 Å². The first-order valence-corrected chi connectivity index (χ1v) is 6.16. The number of carbonyl (C=O) groups excluding carboxylic acids is 1. The van der Waals surface area contributed by atoms with E-state index in [2.05, 4.69) is 4.98 Å². The molecule has 2 N–H and O–H groups in total. The van der Waals surface area contributed by atoms with Crippen LogP contribution in [0.5, 0.6) is 0 Å². The number of amides is 1. The normalized spacial score (nSPS) is 13.4. The number of aromatic nitrogens is 1. The summed E-state index contributed by atoms with van der Waals surface area (Å²) < 4.78 is 38.2. The zero-order valence-electron chi connectivity index (χ0n) is 11.8. The summed E-state index contributed by atoms with van der Waals surface area (Å²) in [6.45, 7) is 5.70. The van der Waals surface area contributed by atoms with Crippen LogP contribution in [0.4, 0.5) is 19.0 Å². The third kappa shape index (κ3) is 3.40. The summed E-state index contributed by atoms with van der Waals surface area (Å²) in [6, 6.07) is 1.73. The van der Waals surface area contributed by atoms with Gasteiger partial charge in [0.15, 0.2) is 0 Å². The highest BCUT2D eigenvalue weighted by Gasteiger charge is 2.34. The van der Waals surface area contributed by atoms with Crippen molar-refractivity contribution in [3.05, 3.63) is 23.4 Å². The van der Waals surface area contributed by atoms with E-state index in [0.29, 0.717) is 0 Å². The van der Waals surface area contributed by atoms with E-state index in [4.69, 9.17) is 5.73 Å². The van der Waals surface area contributed by atoms with E-state index >= 15 is 0 Å². The third-order valence-corrected chi connectivity index (χ3v) is 3.34. The average Bonchev–Trinajstić information content (AvgIpc) is 2.34. The molecule has 0 aliphatic rings. The van der Waals surface area contributed by atoms with Gasteiger partial charge in [-0.05, 0) is 25.0 Å². The molecule has 0 radical (unpaired) electrons. The maximum Gasteiger partial charge on any atom is 0.433 e. The van der Waals surface area contributed by atoms with Crippen molar-refractivity contribution in [2.24, 2.45) is 11.7 Å². The molecule has 1 unspecified atom stereocenters. The maximum absolute atomic E-state index is 12.7. The highest BCUT2D eigenvalue weighted by Crippen LogP contribution is 2.31. The summed E-state index contributed by atoms with van der Waals surface area (Å²) in [5.74, 6) is -0.672. The van der Waals surface area contributed by atoms with E-state index in [0.717, 1.165) is 12.1 Å². The van der Waals surface area contributed by atoms with Crippen molar-refractivity contribution >= 4 is 11.7 Å². The van der Waals surface area contributed by atoms with Crippen LogP contribution in [-0.4, -0.2) is 24.0 Å². The van der Waals surface area contributed by atoms with Gasteiger partial charge in [0.25, 0.3) is 5.91 Å². The minimum Gasteiger partial charge on any atom is -0.365 e. The first-order valence-electron chi connectivity index (χ1n) is 6.16. The zero-order chi connectivity index (χ0) is 15.7. The highest BCUT2D eigenvalue weighted by atomic mass is 19.4. The number of carbonyl (C=O) groups is 1. The minimum atomic E-state index is -4.56. The molecule has 20 heavy (non-hydrogen) atoms. The van der Waals surface area contributed by atoms with E-state index < -0.39 is 17.8 Å². The molecule has 1 aromatic heterocycles. The van der Waals surface area contributed by atoms with Gasteiger partial charge in [0, 0.05) is 13.1 Å². The van der Waals surface area contributed by atoms with Gasteiger partial charge in [-0.3, -0.25) is 4.79 Å². The molecule has 4 nitrogen and oxygen atoms in total. The van der Waals surface area contributed by atoms with Crippen molar-refractivity contribution in [3.63, 3.8) is 0 Å². The third-order valence-electron chi connectivity index (χ3n) is 3.34. The molecule has 0 saturated carbocycles. The Bertz CT molecular complexity index is 500. The predicted molar refractivity (Wildman–Crippen MR) is 70.5 cm³/mol. The largest absolute Gasteiger partial charge is 0.433 e. The SMILES string of the molecule is CC(C)C(C)N(C)c1nc(C(F)(F)F)ccc1C(N)=O. The molecule has 0 aromatic carbocycles. The van der Waals surface area contributed by atoms with Crippen LogP contribution >= 0.6 is 0 Å². The molecule has 1 aromatic rings. The molecule has 0 bridgehead atoms.